The zero-order valence-corrected chi connectivity index (χ0v) is 37.9. The van der Waals surface area contributed by atoms with Crippen LogP contribution in [-0.4, -0.2) is 81.5 Å². The highest BCUT2D eigenvalue weighted by molar-refractivity contribution is 7.90. The average molecular weight is 959 g/mol. The second-order valence-electron chi connectivity index (χ2n) is 15.6. The molecule has 8 N–H and O–H groups in total. The van der Waals surface area contributed by atoms with Crippen LogP contribution in [0.1, 0.15) is 70.8 Å². The molecule has 5 aromatic heterocycles. The molecule has 20 nitrogen and oxygen atoms in total. The van der Waals surface area contributed by atoms with Crippen LogP contribution in [0.15, 0.2) is 101 Å². The zero-order valence-electron chi connectivity index (χ0n) is 34.7. The second kappa shape index (κ2) is 20.2. The third kappa shape index (κ3) is 14.6. The van der Waals surface area contributed by atoms with Gasteiger partial charge in [-0.1, -0.05) is 76.9 Å². The van der Waals surface area contributed by atoms with E-state index in [0.29, 0.717) is 36.6 Å². The molecule has 0 saturated carbocycles. The number of amides is 1. The molecule has 6 rings (SSSR count). The minimum atomic E-state index is -4.24. The number of carbonyl (C=O) groups excluding carboxylic acids is 1. The van der Waals surface area contributed by atoms with Crippen molar-refractivity contribution in [3.63, 3.8) is 0 Å². The number of ether oxygens (including phenoxy) is 2. The van der Waals surface area contributed by atoms with Crippen LogP contribution in [0.4, 0.5) is 11.5 Å². The van der Waals surface area contributed by atoms with Gasteiger partial charge in [-0.15, -0.1) is 10.2 Å². The number of carbonyl (C=O) groups is 2. The molecule has 0 bridgehead atoms. The fourth-order valence-corrected chi connectivity index (χ4v) is 6.82. The molecule has 24 heteroatoms. The molecular formula is C39H57Cl2N11O9S2. The van der Waals surface area contributed by atoms with E-state index >= 15 is 0 Å². The molecule has 0 spiro atoms. The lowest BCUT2D eigenvalue weighted by Crippen LogP contribution is -2.31. The second-order valence-corrected chi connectivity index (χ2v) is 19.5. The monoisotopic (exact) mass is 957 g/mol. The minimum Gasteiger partial charge on any atom is -0.478 e. The van der Waals surface area contributed by atoms with Crippen molar-refractivity contribution in [2.24, 2.45) is 16.0 Å². The van der Waals surface area contributed by atoms with Gasteiger partial charge in [-0.2, -0.15) is 0 Å². The average Bonchev–Trinajstić information content (AvgIpc) is 3.86. The van der Waals surface area contributed by atoms with Crippen LogP contribution in [0.5, 0.6) is 11.8 Å². The maximum Gasteiger partial charge on any atom is 0.338 e. The molecule has 348 valence electrons. The van der Waals surface area contributed by atoms with E-state index in [2.05, 4.69) is 45.9 Å². The van der Waals surface area contributed by atoms with Crippen LogP contribution in [0.3, 0.4) is 0 Å². The summed E-state index contributed by atoms with van der Waals surface area (Å²) >= 11 is 12.0. The first-order chi connectivity index (χ1) is 29.2. The van der Waals surface area contributed by atoms with Crippen molar-refractivity contribution >= 4 is 66.6 Å². The Kier molecular flexibility index (Phi) is 15.8. The number of hydrogen-bond acceptors (Lipinski definition) is 15. The van der Waals surface area contributed by atoms with E-state index in [-0.39, 0.29) is 62.1 Å². The van der Waals surface area contributed by atoms with Crippen molar-refractivity contribution in [1.29, 1.82) is 0 Å². The first-order valence-electron chi connectivity index (χ1n) is 18.3. The Morgan fingerprint density at radius 3 is 1.62 bits per heavy atom. The number of nitrogens with one attached hydrogen (secondary N) is 1. The third-order valence-electron chi connectivity index (χ3n) is 7.59. The van der Waals surface area contributed by atoms with E-state index in [4.69, 9.17) is 54.4 Å². The fraction of sp³-hybridized carbons (Fsp3) is 0.256. The van der Waals surface area contributed by atoms with Gasteiger partial charge in [0.1, 0.15) is 25.9 Å². The molecule has 0 aliphatic carbocycles. The summed E-state index contributed by atoms with van der Waals surface area (Å²) < 4.78 is 62.4. The lowest BCUT2D eigenvalue weighted by molar-refractivity contribution is 0.0696. The summed E-state index contributed by atoms with van der Waals surface area (Å²) in [5, 5.41) is 22.0. The smallest absolute Gasteiger partial charge is 0.338 e. The normalized spacial score (nSPS) is 11.6. The number of carboxylic acid groups (broad SMARTS) is 1. The quantitative estimate of drug-likeness (QED) is 0.0653. The number of nitrogen functional groups attached to an aromatic ring is 2. The van der Waals surface area contributed by atoms with E-state index in [1.165, 1.54) is 64.1 Å². The number of para-hydroxylation sites is 1. The Morgan fingerprint density at radius 2 is 1.21 bits per heavy atom. The van der Waals surface area contributed by atoms with E-state index < -0.39 is 31.9 Å². The molecule has 0 atom stereocenters. The molecule has 5 heterocycles. The predicted octanol–water partition coefficient (Wildman–Crippen LogP) is 6.88. The van der Waals surface area contributed by atoms with Crippen molar-refractivity contribution < 1.29 is 49.6 Å². The molecule has 0 saturated heterocycles. The van der Waals surface area contributed by atoms with E-state index in [1.807, 2.05) is 25.5 Å². The molecular weight excluding hydrogens is 902 g/mol. The maximum absolute atomic E-state index is 12.5. The number of aromatic nitrogens is 7. The zero-order chi connectivity index (χ0) is 46.9. The van der Waals surface area contributed by atoms with Crippen molar-refractivity contribution in [2.45, 2.75) is 51.3 Å². The summed E-state index contributed by atoms with van der Waals surface area (Å²) in [4.78, 5) is 34.9. The molecule has 0 aliphatic rings. The number of primary sulfonamides is 1. The predicted molar refractivity (Wildman–Crippen MR) is 248 cm³/mol. The number of pyridine rings is 3. The van der Waals surface area contributed by atoms with Gasteiger partial charge < -0.3 is 26.0 Å². The topological polar surface area (TPSA) is 306 Å². The van der Waals surface area contributed by atoms with Gasteiger partial charge in [-0.3, -0.25) is 4.79 Å². The van der Waals surface area contributed by atoms with Crippen LogP contribution in [0, 0.1) is 10.8 Å². The highest BCUT2D eigenvalue weighted by atomic mass is 35.5. The van der Waals surface area contributed by atoms with Crippen molar-refractivity contribution in [2.75, 3.05) is 24.7 Å². The van der Waals surface area contributed by atoms with Crippen LogP contribution in [-0.2, 0) is 20.0 Å². The Balaban J connectivity index is -0.00000100. The number of aromatic carboxylic acids is 1. The minimum absolute atomic E-state index is 0. The number of nitrogens with two attached hydrogens (primary N) is 3. The first-order valence-corrected chi connectivity index (χ1v) is 22.1. The highest BCUT2D eigenvalue weighted by Gasteiger charge is 2.24. The summed E-state index contributed by atoms with van der Waals surface area (Å²) in [6, 6.07) is 17.8. The van der Waals surface area contributed by atoms with Gasteiger partial charge in [0.15, 0.2) is 11.6 Å². The van der Waals surface area contributed by atoms with Gasteiger partial charge in [-0.25, -0.2) is 55.8 Å². The van der Waals surface area contributed by atoms with Gasteiger partial charge in [0, 0.05) is 39.3 Å². The third-order valence-corrected chi connectivity index (χ3v) is 10.5. The molecule has 0 fully saturated rings. The maximum atomic E-state index is 12.5. The highest BCUT2D eigenvalue weighted by Crippen LogP contribution is 2.22. The first kappa shape index (κ1) is 49.3. The summed E-state index contributed by atoms with van der Waals surface area (Å²) in [6.07, 6.45) is 4.65. The van der Waals surface area contributed by atoms with Gasteiger partial charge in [0.05, 0.1) is 30.0 Å². The van der Waals surface area contributed by atoms with E-state index in [1.54, 1.807) is 36.7 Å². The molecule has 0 unspecified atom stereocenters. The Hall–Kier alpha value is -6.33. The number of rotatable bonds is 11. The summed E-state index contributed by atoms with van der Waals surface area (Å²) in [6.45, 7) is 13.3. The lowest BCUT2D eigenvalue weighted by Gasteiger charge is -2.17. The van der Waals surface area contributed by atoms with Gasteiger partial charge in [-0.05, 0) is 59.4 Å². The number of sulfonamides is 2. The Bertz CT molecular complexity index is 2840. The largest absolute Gasteiger partial charge is 0.478 e. The number of hydrogen-bond donors (Lipinski definition) is 5. The number of benzene rings is 1. The number of anilines is 2. The fourth-order valence-electron chi connectivity index (χ4n) is 4.64. The van der Waals surface area contributed by atoms with E-state index in [0.717, 1.165) is 0 Å². The van der Waals surface area contributed by atoms with Crippen LogP contribution < -0.4 is 30.8 Å². The Morgan fingerprint density at radius 1 is 0.730 bits per heavy atom. The van der Waals surface area contributed by atoms with Crippen molar-refractivity contribution in [1.82, 2.24) is 39.2 Å². The molecule has 1 amide bonds. The lowest BCUT2D eigenvalue weighted by atomic mass is 9.99. The van der Waals surface area contributed by atoms with Gasteiger partial charge in [0.25, 0.3) is 15.9 Å². The SMILES string of the molecule is CC(C)(C)COc1ccn(-c2ccc(C(=O)NS(=O)(=O)c3cccnc3N)c(Cl)n2)n1.CC(C)(C)COc1ccn(-c2ccc(C(=O)O)c(Cl)n2)n1.Nc1ccccc1S(N)(=O)=O.[HH].[HH].[HH].[HH].[HH].[HH]. The van der Waals surface area contributed by atoms with Gasteiger partial charge >= 0.3 is 5.97 Å². The van der Waals surface area contributed by atoms with Crippen molar-refractivity contribution in [3.05, 3.63) is 113 Å². The number of carboxylic acids is 1. The van der Waals surface area contributed by atoms with Crippen LogP contribution in [0.2, 0.25) is 10.3 Å². The summed E-state index contributed by atoms with van der Waals surface area (Å²) in [7, 11) is -7.90. The van der Waals surface area contributed by atoms with Gasteiger partial charge in [0.2, 0.25) is 21.8 Å². The van der Waals surface area contributed by atoms with Crippen LogP contribution in [0.25, 0.3) is 11.6 Å². The molecule has 6 aromatic rings. The summed E-state index contributed by atoms with van der Waals surface area (Å²) in [5.41, 5.74) is 10.9. The number of nitrogens with zero attached hydrogens (tertiary/aromatic N) is 7. The molecule has 63 heavy (non-hydrogen) atoms. The standard InChI is InChI=1S/C19H21ClN6O4S.C14H16ClN3O3.C6H8N2O2S.6H2/c1-19(2,3)11-30-15-8-10-26(24-15)14-7-6-12(16(20)23-14)18(27)25-31(28,29)13-5-4-9-22-17(13)21;1-14(2,3)8-21-11-6-7-18(17-11)10-5-4-9(13(19)20)12(15)16-10;7-5-3-1-2-4-6(5)11(8,9)10;;;;;;/h4-10H,11H2,1-3H3,(H2,21,22)(H,25,27);4-7H,8H2,1-3H3,(H,19,20);1-4H,7H2,(H2,8,9,10);6*1H. The molecule has 0 radical (unpaired) electrons. The van der Waals surface area contributed by atoms with Crippen molar-refractivity contribution in [3.8, 4) is 23.4 Å². The van der Waals surface area contributed by atoms with E-state index in [9.17, 15) is 26.4 Å². The summed E-state index contributed by atoms with van der Waals surface area (Å²) in [5.74, 6) is -0.664. The molecule has 0 aliphatic heterocycles. The van der Waals surface area contributed by atoms with Crippen LogP contribution >= 0.6 is 23.2 Å². The Labute approximate surface area is 382 Å². The number of halogens is 2. The molecule has 1 aromatic carbocycles.